The summed E-state index contributed by atoms with van der Waals surface area (Å²) in [6.45, 7) is 1.42. The van der Waals surface area contributed by atoms with E-state index in [1.54, 1.807) is 32.4 Å². The second kappa shape index (κ2) is 14.0. The first-order chi connectivity index (χ1) is 20.6. The summed E-state index contributed by atoms with van der Waals surface area (Å²) in [6, 6.07) is 35.2. The molecule has 0 saturated carbocycles. The van der Waals surface area contributed by atoms with Crippen molar-refractivity contribution in [2.75, 3.05) is 34.4 Å². The van der Waals surface area contributed by atoms with Crippen molar-refractivity contribution in [3.63, 3.8) is 0 Å². The molecule has 0 saturated heterocycles. The van der Waals surface area contributed by atoms with Crippen LogP contribution in [0.5, 0.6) is 11.5 Å². The molecule has 216 valence electrons. The molecule has 2 atom stereocenters. The minimum Gasteiger partial charge on any atom is -0.493 e. The van der Waals surface area contributed by atoms with E-state index in [0.29, 0.717) is 30.0 Å². The van der Waals surface area contributed by atoms with Gasteiger partial charge in [-0.15, -0.1) is 0 Å². The third-order valence-corrected chi connectivity index (χ3v) is 7.73. The number of hydrogen-bond donors (Lipinski definition) is 3. The summed E-state index contributed by atoms with van der Waals surface area (Å²) in [6.07, 6.45) is 1.56. The lowest BCUT2D eigenvalue weighted by molar-refractivity contribution is 0.0935. The van der Waals surface area contributed by atoms with Gasteiger partial charge in [0.25, 0.3) is 5.91 Å². The van der Waals surface area contributed by atoms with Crippen LogP contribution >= 0.6 is 0 Å². The molecule has 0 heterocycles. The molecule has 0 fully saturated rings. The summed E-state index contributed by atoms with van der Waals surface area (Å²) >= 11 is 0. The smallest absolute Gasteiger partial charge is 0.251 e. The largest absolute Gasteiger partial charge is 0.493 e. The number of methoxy groups -OCH3 is 2. The Hall–Kier alpha value is -4.39. The fourth-order valence-electron chi connectivity index (χ4n) is 5.58. The molecule has 42 heavy (non-hydrogen) atoms. The Morgan fingerprint density at radius 3 is 2.21 bits per heavy atom. The molecule has 6 heteroatoms. The van der Waals surface area contributed by atoms with E-state index >= 15 is 0 Å². The molecule has 0 radical (unpaired) electrons. The van der Waals surface area contributed by atoms with Gasteiger partial charge in [0.05, 0.1) is 14.2 Å². The van der Waals surface area contributed by atoms with E-state index in [1.165, 1.54) is 32.7 Å². The van der Waals surface area contributed by atoms with E-state index in [2.05, 4.69) is 101 Å². The summed E-state index contributed by atoms with van der Waals surface area (Å²) in [5, 5.41) is 15.3. The molecule has 5 aromatic carbocycles. The Labute approximate surface area is 248 Å². The van der Waals surface area contributed by atoms with Crippen LogP contribution in [0.3, 0.4) is 0 Å². The quantitative estimate of drug-likeness (QED) is 0.170. The van der Waals surface area contributed by atoms with Gasteiger partial charge in [-0.25, -0.2) is 0 Å². The van der Waals surface area contributed by atoms with E-state index < -0.39 is 0 Å². The number of likely N-dealkylation sites (N-methyl/N-ethyl adjacent to an activating group) is 1. The van der Waals surface area contributed by atoms with Crippen LogP contribution in [0, 0.1) is 0 Å². The maximum Gasteiger partial charge on any atom is 0.251 e. The van der Waals surface area contributed by atoms with Crippen LogP contribution < -0.4 is 25.4 Å². The van der Waals surface area contributed by atoms with Gasteiger partial charge >= 0.3 is 0 Å². The summed E-state index contributed by atoms with van der Waals surface area (Å²) in [5.74, 6) is 0.965. The number of nitrogens with one attached hydrogen (secondary N) is 3. The van der Waals surface area contributed by atoms with Crippen molar-refractivity contribution in [3.05, 3.63) is 120 Å². The van der Waals surface area contributed by atoms with E-state index in [1.807, 2.05) is 7.05 Å². The number of carbonyl (C=O) groups excluding carboxylic acids is 1. The highest BCUT2D eigenvalue weighted by Gasteiger charge is 2.19. The highest BCUT2D eigenvalue weighted by atomic mass is 16.5. The SMILES string of the molecule is CNC[C@@H](Cc1ccc2ccccc2c1)NC[C@@H](Cc1cccc2ccccc12)NC(=O)c1ccc(OC)c(OC)c1. The van der Waals surface area contributed by atoms with Gasteiger partial charge in [-0.3, -0.25) is 4.79 Å². The lowest BCUT2D eigenvalue weighted by atomic mass is 9.97. The number of amides is 1. The predicted octanol–water partition coefficient (Wildman–Crippen LogP) is 5.77. The van der Waals surface area contributed by atoms with Crippen molar-refractivity contribution in [2.45, 2.75) is 24.9 Å². The molecule has 5 aromatic rings. The van der Waals surface area contributed by atoms with Crippen LogP contribution in [-0.2, 0) is 12.8 Å². The Kier molecular flexibility index (Phi) is 9.70. The number of carbonyl (C=O) groups is 1. The van der Waals surface area contributed by atoms with Crippen molar-refractivity contribution in [1.29, 1.82) is 0 Å². The van der Waals surface area contributed by atoms with Crippen molar-refractivity contribution in [2.24, 2.45) is 0 Å². The van der Waals surface area contributed by atoms with Gasteiger partial charge in [-0.05, 0) is 70.8 Å². The monoisotopic (exact) mass is 561 g/mol. The molecule has 0 spiro atoms. The van der Waals surface area contributed by atoms with E-state index in [-0.39, 0.29) is 18.0 Å². The molecule has 5 rings (SSSR count). The fourth-order valence-corrected chi connectivity index (χ4v) is 5.58. The Balaban J connectivity index is 1.36. The summed E-state index contributed by atoms with van der Waals surface area (Å²) in [5.41, 5.74) is 3.01. The van der Waals surface area contributed by atoms with Crippen LogP contribution in [0.2, 0.25) is 0 Å². The number of hydrogen-bond acceptors (Lipinski definition) is 5. The molecule has 0 aromatic heterocycles. The maximum absolute atomic E-state index is 13.5. The highest BCUT2D eigenvalue weighted by Crippen LogP contribution is 2.28. The Bertz CT molecular complexity index is 1650. The molecule has 0 unspecified atom stereocenters. The number of ether oxygens (including phenoxy) is 2. The third kappa shape index (κ3) is 7.08. The summed E-state index contributed by atoms with van der Waals surface area (Å²) in [7, 11) is 5.13. The average Bonchev–Trinajstić information content (AvgIpc) is 3.03. The second-order valence-electron chi connectivity index (χ2n) is 10.6. The minimum absolute atomic E-state index is 0.146. The van der Waals surface area contributed by atoms with Gasteiger partial charge < -0.3 is 25.4 Å². The molecule has 0 bridgehead atoms. The van der Waals surface area contributed by atoms with Crippen LogP contribution in [0.1, 0.15) is 21.5 Å². The number of fused-ring (bicyclic) bond motifs is 2. The third-order valence-electron chi connectivity index (χ3n) is 7.73. The zero-order valence-corrected chi connectivity index (χ0v) is 24.5. The molecule has 3 N–H and O–H groups in total. The van der Waals surface area contributed by atoms with Crippen LogP contribution in [0.15, 0.2) is 103 Å². The minimum atomic E-state index is -0.150. The molecule has 0 aliphatic heterocycles. The van der Waals surface area contributed by atoms with Gasteiger partial charge in [-0.2, -0.15) is 0 Å². The second-order valence-corrected chi connectivity index (χ2v) is 10.6. The van der Waals surface area contributed by atoms with E-state index in [4.69, 9.17) is 9.47 Å². The standard InChI is InChI=1S/C36H39N3O3/c1-37-23-31(20-25-15-16-26-9-4-5-11-28(26)19-25)38-24-32(21-29-13-8-12-27-10-6-7-14-33(27)29)39-36(40)30-17-18-34(41-2)35(22-30)42-3/h4-19,22,31-32,37-38H,20-21,23-24H2,1-3H3,(H,39,40)/t31-,32-/m1/s1. The van der Waals surface area contributed by atoms with Crippen LogP contribution in [0.25, 0.3) is 21.5 Å². The topological polar surface area (TPSA) is 71.6 Å². The van der Waals surface area contributed by atoms with Gasteiger partial charge in [0.1, 0.15) is 0 Å². The lowest BCUT2D eigenvalue weighted by Crippen LogP contribution is -2.48. The normalized spacial score (nSPS) is 12.6. The molecule has 6 nitrogen and oxygen atoms in total. The molecule has 1 amide bonds. The van der Waals surface area contributed by atoms with E-state index in [0.717, 1.165) is 13.0 Å². The highest BCUT2D eigenvalue weighted by molar-refractivity contribution is 5.95. The van der Waals surface area contributed by atoms with Crippen molar-refractivity contribution in [1.82, 2.24) is 16.0 Å². The summed E-state index contributed by atoms with van der Waals surface area (Å²) in [4.78, 5) is 13.5. The average molecular weight is 562 g/mol. The molecule has 0 aliphatic carbocycles. The molecular formula is C36H39N3O3. The zero-order valence-electron chi connectivity index (χ0n) is 24.5. The van der Waals surface area contributed by atoms with Crippen LogP contribution in [-0.4, -0.2) is 52.3 Å². The van der Waals surface area contributed by atoms with Gasteiger partial charge in [0.2, 0.25) is 0 Å². The van der Waals surface area contributed by atoms with Gasteiger partial charge in [0, 0.05) is 30.7 Å². The van der Waals surface area contributed by atoms with Crippen LogP contribution in [0.4, 0.5) is 0 Å². The Morgan fingerprint density at radius 2 is 1.43 bits per heavy atom. The number of benzene rings is 5. The lowest BCUT2D eigenvalue weighted by Gasteiger charge is -2.25. The van der Waals surface area contributed by atoms with E-state index in [9.17, 15) is 4.79 Å². The zero-order chi connectivity index (χ0) is 29.3. The summed E-state index contributed by atoms with van der Waals surface area (Å²) < 4.78 is 10.8. The molecular weight excluding hydrogens is 522 g/mol. The predicted molar refractivity (Wildman–Crippen MR) is 172 cm³/mol. The van der Waals surface area contributed by atoms with Crippen molar-refractivity contribution < 1.29 is 14.3 Å². The number of rotatable bonds is 13. The van der Waals surface area contributed by atoms with Gasteiger partial charge in [-0.1, -0.05) is 84.9 Å². The van der Waals surface area contributed by atoms with Crippen molar-refractivity contribution >= 4 is 27.5 Å². The molecule has 0 aliphatic rings. The fraction of sp³-hybridized carbons (Fsp3) is 0.250. The maximum atomic E-state index is 13.5. The first kappa shape index (κ1) is 29.1. The van der Waals surface area contributed by atoms with Crippen molar-refractivity contribution in [3.8, 4) is 11.5 Å². The first-order valence-electron chi connectivity index (χ1n) is 14.4. The Morgan fingerprint density at radius 1 is 0.690 bits per heavy atom. The first-order valence-corrected chi connectivity index (χ1v) is 14.4. The van der Waals surface area contributed by atoms with Gasteiger partial charge in [0.15, 0.2) is 11.5 Å².